The van der Waals surface area contributed by atoms with E-state index in [4.69, 9.17) is 1.37 Å². The predicted octanol–water partition coefficient (Wildman–Crippen LogP) is 14.2. The van der Waals surface area contributed by atoms with Gasteiger partial charge in [-0.1, -0.05) is 164 Å². The SMILES string of the molecule is [2H]c1ccc2cc(-c3ccc(-c4c5ccccc5c(-c5ccccc5-c5cccc6sc7ccccc7c56)c5ccccc45)cc3)ccc2c1. The van der Waals surface area contributed by atoms with Crippen LogP contribution in [0.15, 0.2) is 182 Å². The first-order valence-electron chi connectivity index (χ1n) is 17.3. The van der Waals surface area contributed by atoms with Gasteiger partial charge in [0, 0.05) is 20.2 Å². The van der Waals surface area contributed by atoms with Gasteiger partial charge >= 0.3 is 0 Å². The van der Waals surface area contributed by atoms with Crippen LogP contribution in [0.25, 0.3) is 97.0 Å². The predicted molar refractivity (Wildman–Crippen MR) is 214 cm³/mol. The van der Waals surface area contributed by atoms with Crippen LogP contribution in [-0.4, -0.2) is 0 Å². The average molecular weight is 640 g/mol. The van der Waals surface area contributed by atoms with Crippen molar-refractivity contribution < 1.29 is 1.37 Å². The topological polar surface area (TPSA) is 0 Å². The average Bonchev–Trinajstić information content (AvgIpc) is 3.56. The lowest BCUT2D eigenvalue weighted by atomic mass is 9.83. The summed E-state index contributed by atoms with van der Waals surface area (Å²) >= 11 is 1.87. The lowest BCUT2D eigenvalue weighted by Gasteiger charge is -2.20. The number of fused-ring (bicyclic) bond motifs is 6. The third-order valence-corrected chi connectivity index (χ3v) is 11.1. The maximum atomic E-state index is 7.98. The Morgan fingerprint density at radius 2 is 0.918 bits per heavy atom. The van der Waals surface area contributed by atoms with E-state index in [0.717, 1.165) is 10.8 Å². The van der Waals surface area contributed by atoms with Crippen LogP contribution < -0.4 is 0 Å². The molecule has 0 aliphatic rings. The standard InChI is InChI=1S/C48H30S/c1-2-13-34-30-35(29-26-31(34)12-1)32-24-27-33(28-25-32)46-39-16-5-7-18-41(39)47(42-19-8-6-17-40(42)46)37-15-4-3-14-36(37)38-21-11-23-45-48(38)43-20-9-10-22-44(43)49-45/h1-30H/i1D. The van der Waals surface area contributed by atoms with Gasteiger partial charge in [0.05, 0.1) is 1.37 Å². The summed E-state index contributed by atoms with van der Waals surface area (Å²) in [6.07, 6.45) is 0. The number of thiophene rings is 1. The van der Waals surface area contributed by atoms with E-state index in [1.807, 2.05) is 29.5 Å². The van der Waals surface area contributed by atoms with Crippen LogP contribution in [0.2, 0.25) is 0 Å². The summed E-state index contributed by atoms with van der Waals surface area (Å²) in [6, 6.07) is 64.2. The molecule has 0 unspecified atom stereocenters. The monoisotopic (exact) mass is 639 g/mol. The first kappa shape index (κ1) is 27.0. The molecular formula is C48H30S. The maximum Gasteiger partial charge on any atom is 0.0623 e. The van der Waals surface area contributed by atoms with Gasteiger partial charge in [-0.15, -0.1) is 11.3 Å². The maximum absolute atomic E-state index is 7.98. The summed E-state index contributed by atoms with van der Waals surface area (Å²) in [5.41, 5.74) is 9.87. The van der Waals surface area contributed by atoms with E-state index in [-0.39, 0.29) is 0 Å². The third kappa shape index (κ3) is 4.51. The van der Waals surface area contributed by atoms with E-state index in [1.165, 1.54) is 86.2 Å². The summed E-state index contributed by atoms with van der Waals surface area (Å²) in [5, 5.41) is 9.90. The molecule has 1 aromatic heterocycles. The van der Waals surface area contributed by atoms with Gasteiger partial charge in [-0.2, -0.15) is 0 Å². The molecule has 9 aromatic carbocycles. The molecule has 0 bridgehead atoms. The van der Waals surface area contributed by atoms with Gasteiger partial charge in [-0.25, -0.2) is 0 Å². The number of benzene rings is 9. The summed E-state index contributed by atoms with van der Waals surface area (Å²) in [6.45, 7) is 0. The minimum absolute atomic E-state index is 0.539. The molecule has 0 fully saturated rings. The quantitative estimate of drug-likeness (QED) is 0.168. The van der Waals surface area contributed by atoms with Crippen LogP contribution in [0.5, 0.6) is 0 Å². The molecule has 10 aromatic rings. The Kier molecular flexibility index (Phi) is 6.22. The molecule has 0 amide bonds. The van der Waals surface area contributed by atoms with E-state index in [0.29, 0.717) is 6.04 Å². The van der Waals surface area contributed by atoms with Gasteiger partial charge in [0.2, 0.25) is 0 Å². The van der Waals surface area contributed by atoms with Crippen molar-refractivity contribution in [1.29, 1.82) is 0 Å². The Hall–Kier alpha value is -6.02. The van der Waals surface area contributed by atoms with E-state index in [9.17, 15) is 0 Å². The number of rotatable bonds is 4. The molecule has 1 heteroatoms. The smallest absolute Gasteiger partial charge is 0.0623 e. The van der Waals surface area contributed by atoms with Crippen LogP contribution >= 0.6 is 11.3 Å². The van der Waals surface area contributed by atoms with E-state index < -0.39 is 0 Å². The van der Waals surface area contributed by atoms with E-state index in [1.54, 1.807) is 0 Å². The lowest BCUT2D eigenvalue weighted by Crippen LogP contribution is -1.93. The van der Waals surface area contributed by atoms with Crippen LogP contribution in [0.4, 0.5) is 0 Å². The minimum atomic E-state index is 0.539. The van der Waals surface area contributed by atoms with Gasteiger partial charge in [0.1, 0.15) is 0 Å². The van der Waals surface area contributed by atoms with Crippen molar-refractivity contribution in [3.8, 4) is 44.5 Å². The van der Waals surface area contributed by atoms with E-state index >= 15 is 0 Å². The van der Waals surface area contributed by atoms with Gasteiger partial charge in [-0.05, 0) is 95.0 Å². The molecule has 1 heterocycles. The fourth-order valence-corrected chi connectivity index (χ4v) is 8.93. The Morgan fingerprint density at radius 3 is 1.67 bits per heavy atom. The van der Waals surface area contributed by atoms with Crippen molar-refractivity contribution in [2.45, 2.75) is 0 Å². The highest BCUT2D eigenvalue weighted by Crippen LogP contribution is 2.48. The first-order valence-corrected chi connectivity index (χ1v) is 17.6. The first-order chi connectivity index (χ1) is 24.7. The van der Waals surface area contributed by atoms with Crippen LogP contribution in [0.1, 0.15) is 1.37 Å². The van der Waals surface area contributed by atoms with Crippen molar-refractivity contribution in [1.82, 2.24) is 0 Å². The van der Waals surface area contributed by atoms with Gasteiger partial charge in [0.15, 0.2) is 0 Å². The second-order valence-corrected chi connectivity index (χ2v) is 13.8. The normalized spacial score (nSPS) is 12.0. The molecule has 0 radical (unpaired) electrons. The Labute approximate surface area is 290 Å². The third-order valence-electron chi connectivity index (χ3n) is 10.0. The van der Waals surface area contributed by atoms with E-state index in [2.05, 4.69) is 158 Å². The summed E-state index contributed by atoms with van der Waals surface area (Å²) in [4.78, 5) is 0. The molecule has 10 rings (SSSR count). The highest BCUT2D eigenvalue weighted by atomic mass is 32.1. The second-order valence-electron chi connectivity index (χ2n) is 12.7. The lowest BCUT2D eigenvalue weighted by molar-refractivity contribution is 1.62. The van der Waals surface area contributed by atoms with Crippen LogP contribution in [-0.2, 0) is 0 Å². The molecule has 0 N–H and O–H groups in total. The zero-order valence-corrected chi connectivity index (χ0v) is 27.5. The van der Waals surface area contributed by atoms with Crippen molar-refractivity contribution in [2.24, 2.45) is 0 Å². The molecule has 0 atom stereocenters. The molecule has 0 saturated heterocycles. The zero-order chi connectivity index (χ0) is 33.2. The molecule has 0 nitrogen and oxygen atoms in total. The van der Waals surface area contributed by atoms with Crippen molar-refractivity contribution >= 4 is 63.8 Å². The zero-order valence-electron chi connectivity index (χ0n) is 27.7. The minimum Gasteiger partial charge on any atom is -0.135 e. The Bertz CT molecular complexity index is 2870. The van der Waals surface area contributed by atoms with Crippen LogP contribution in [0.3, 0.4) is 0 Å². The van der Waals surface area contributed by atoms with Gasteiger partial charge in [-0.3, -0.25) is 0 Å². The Balaban J connectivity index is 1.18. The molecular weight excluding hydrogens is 609 g/mol. The van der Waals surface area contributed by atoms with Crippen molar-refractivity contribution in [3.63, 3.8) is 0 Å². The highest BCUT2D eigenvalue weighted by molar-refractivity contribution is 7.25. The summed E-state index contributed by atoms with van der Waals surface area (Å²) in [5.74, 6) is 0. The van der Waals surface area contributed by atoms with Crippen molar-refractivity contribution in [2.75, 3.05) is 0 Å². The molecule has 0 aliphatic carbocycles. The molecule has 0 aliphatic heterocycles. The molecule has 0 spiro atoms. The summed E-state index contributed by atoms with van der Waals surface area (Å²) < 4.78 is 10.6. The van der Waals surface area contributed by atoms with Gasteiger partial charge < -0.3 is 0 Å². The molecule has 228 valence electrons. The number of hydrogen-bond acceptors (Lipinski definition) is 1. The summed E-state index contributed by atoms with van der Waals surface area (Å²) in [7, 11) is 0. The highest BCUT2D eigenvalue weighted by Gasteiger charge is 2.20. The fourth-order valence-electron chi connectivity index (χ4n) is 7.80. The Morgan fingerprint density at radius 1 is 0.347 bits per heavy atom. The molecule has 0 saturated carbocycles. The largest absolute Gasteiger partial charge is 0.135 e. The fraction of sp³-hybridized carbons (Fsp3) is 0. The number of hydrogen-bond donors (Lipinski definition) is 0. The van der Waals surface area contributed by atoms with Crippen molar-refractivity contribution in [3.05, 3.63) is 182 Å². The second kappa shape index (κ2) is 11.3. The van der Waals surface area contributed by atoms with Gasteiger partial charge in [0.25, 0.3) is 0 Å². The van der Waals surface area contributed by atoms with Crippen LogP contribution in [0, 0.1) is 0 Å². The molecule has 49 heavy (non-hydrogen) atoms.